The molecule has 2 aromatic rings. The van der Waals surface area contributed by atoms with Crippen LogP contribution >= 0.6 is 24.0 Å². The molecule has 31 heavy (non-hydrogen) atoms. The van der Waals surface area contributed by atoms with Gasteiger partial charge in [-0.05, 0) is 59.0 Å². The largest absolute Gasteiger partial charge is 0.444 e. The second kappa shape index (κ2) is 10.8. The SMILES string of the molecule is CN=C(NCC1CCN(Cc2nc(C)c(C)o2)CC1)NC1CCc2nc(C)nn2C1.I. The van der Waals surface area contributed by atoms with Crippen LogP contribution in [0.5, 0.6) is 0 Å². The van der Waals surface area contributed by atoms with Crippen molar-refractivity contribution in [2.24, 2.45) is 10.9 Å². The number of oxazole rings is 1. The lowest BCUT2D eigenvalue weighted by molar-refractivity contribution is 0.164. The number of hydrogen-bond acceptors (Lipinski definition) is 6. The molecule has 0 spiro atoms. The Morgan fingerprint density at radius 2 is 1.94 bits per heavy atom. The van der Waals surface area contributed by atoms with Gasteiger partial charge in [-0.2, -0.15) is 5.10 Å². The van der Waals surface area contributed by atoms with Crippen LogP contribution in [-0.4, -0.2) is 63.3 Å². The van der Waals surface area contributed by atoms with E-state index in [1.165, 1.54) is 12.8 Å². The number of guanidine groups is 1. The number of fused-ring (bicyclic) bond motifs is 1. The lowest BCUT2D eigenvalue weighted by atomic mass is 9.97. The van der Waals surface area contributed by atoms with Crippen LogP contribution < -0.4 is 10.6 Å². The molecule has 2 aliphatic rings. The van der Waals surface area contributed by atoms with Crippen molar-refractivity contribution in [1.82, 2.24) is 35.3 Å². The zero-order chi connectivity index (χ0) is 21.1. The molecule has 1 fully saturated rings. The third-order valence-electron chi connectivity index (χ3n) is 6.23. The number of likely N-dealkylation sites (tertiary alicyclic amines) is 1. The highest BCUT2D eigenvalue weighted by atomic mass is 127. The molecule has 1 atom stereocenters. The molecule has 1 saturated heterocycles. The fourth-order valence-electron chi connectivity index (χ4n) is 4.33. The van der Waals surface area contributed by atoms with Crippen molar-refractivity contribution < 1.29 is 4.42 Å². The number of nitrogens with zero attached hydrogens (tertiary/aromatic N) is 6. The molecule has 172 valence electrons. The maximum atomic E-state index is 5.73. The Hall–Kier alpha value is -1.69. The summed E-state index contributed by atoms with van der Waals surface area (Å²) in [5.41, 5.74) is 0.996. The van der Waals surface area contributed by atoms with Crippen LogP contribution in [0.2, 0.25) is 0 Å². The lowest BCUT2D eigenvalue weighted by Crippen LogP contribution is -2.48. The minimum Gasteiger partial charge on any atom is -0.444 e. The molecule has 2 aromatic heterocycles. The summed E-state index contributed by atoms with van der Waals surface area (Å²) >= 11 is 0. The fourth-order valence-corrected chi connectivity index (χ4v) is 4.33. The third kappa shape index (κ3) is 6.18. The Morgan fingerprint density at radius 1 is 1.16 bits per heavy atom. The van der Waals surface area contributed by atoms with E-state index in [9.17, 15) is 0 Å². The van der Waals surface area contributed by atoms with Gasteiger partial charge in [0.05, 0.1) is 18.8 Å². The molecule has 0 aromatic carbocycles. The van der Waals surface area contributed by atoms with Gasteiger partial charge in [0, 0.05) is 26.1 Å². The van der Waals surface area contributed by atoms with E-state index >= 15 is 0 Å². The summed E-state index contributed by atoms with van der Waals surface area (Å²) in [6, 6.07) is 0.333. The lowest BCUT2D eigenvalue weighted by Gasteiger charge is -2.32. The molecule has 2 N–H and O–H groups in total. The summed E-state index contributed by atoms with van der Waals surface area (Å²) in [7, 11) is 1.84. The molecule has 10 heteroatoms. The average Bonchev–Trinajstić information content (AvgIpc) is 3.26. The van der Waals surface area contributed by atoms with Crippen LogP contribution in [0.25, 0.3) is 0 Å². The Labute approximate surface area is 201 Å². The first-order valence-corrected chi connectivity index (χ1v) is 11.0. The van der Waals surface area contributed by atoms with Crippen LogP contribution in [0, 0.1) is 26.7 Å². The number of aromatic nitrogens is 4. The molecular weight excluding hydrogens is 507 g/mol. The van der Waals surface area contributed by atoms with Crippen molar-refractivity contribution in [2.75, 3.05) is 26.7 Å². The Balaban J connectivity index is 0.00000272. The van der Waals surface area contributed by atoms with E-state index < -0.39 is 0 Å². The molecule has 9 nitrogen and oxygen atoms in total. The number of piperidine rings is 1. The van der Waals surface area contributed by atoms with E-state index in [1.54, 1.807) is 0 Å². The van der Waals surface area contributed by atoms with E-state index in [-0.39, 0.29) is 24.0 Å². The molecular formula is C21H35IN8O. The number of rotatable bonds is 5. The highest BCUT2D eigenvalue weighted by Crippen LogP contribution is 2.19. The van der Waals surface area contributed by atoms with Gasteiger partial charge in [0.25, 0.3) is 0 Å². The standard InChI is InChI=1S/C21H34N8O.HI/c1-14-15(2)30-20(24-14)13-28-9-7-17(8-10-28)11-23-21(22-4)26-18-5-6-19-25-16(3)27-29(19)12-18;/h17-18H,5-13H2,1-4H3,(H2,22,23,26);1H. The topological polar surface area (TPSA) is 96.4 Å². The molecule has 1 unspecified atom stereocenters. The number of aryl methyl sites for hydroxylation is 4. The first-order chi connectivity index (χ1) is 14.5. The van der Waals surface area contributed by atoms with Gasteiger partial charge in [0.1, 0.15) is 17.4 Å². The van der Waals surface area contributed by atoms with Crippen LogP contribution in [-0.2, 0) is 19.5 Å². The minimum atomic E-state index is 0. The van der Waals surface area contributed by atoms with Gasteiger partial charge in [-0.3, -0.25) is 9.89 Å². The summed E-state index contributed by atoms with van der Waals surface area (Å²) in [6.07, 6.45) is 4.36. The van der Waals surface area contributed by atoms with E-state index in [4.69, 9.17) is 4.42 Å². The van der Waals surface area contributed by atoms with Crippen molar-refractivity contribution in [1.29, 1.82) is 0 Å². The molecule has 0 amide bonds. The van der Waals surface area contributed by atoms with E-state index in [0.717, 1.165) is 80.5 Å². The van der Waals surface area contributed by atoms with Crippen molar-refractivity contribution in [3.8, 4) is 0 Å². The Bertz CT molecular complexity index is 865. The molecule has 2 aliphatic heterocycles. The predicted molar refractivity (Wildman–Crippen MR) is 131 cm³/mol. The fraction of sp³-hybridized carbons (Fsp3) is 0.714. The third-order valence-corrected chi connectivity index (χ3v) is 6.23. The van der Waals surface area contributed by atoms with Crippen molar-refractivity contribution in [3.05, 3.63) is 29.0 Å². The quantitative estimate of drug-likeness (QED) is 0.340. The smallest absolute Gasteiger partial charge is 0.208 e. The first kappa shape index (κ1) is 24.0. The van der Waals surface area contributed by atoms with Gasteiger partial charge in [-0.25, -0.2) is 14.6 Å². The summed E-state index contributed by atoms with van der Waals surface area (Å²) in [6.45, 7) is 10.7. The highest BCUT2D eigenvalue weighted by molar-refractivity contribution is 14.0. The maximum Gasteiger partial charge on any atom is 0.208 e. The maximum absolute atomic E-state index is 5.73. The van der Waals surface area contributed by atoms with E-state index in [0.29, 0.717) is 12.0 Å². The average molecular weight is 542 g/mol. The number of aliphatic imine (C=N–C) groups is 1. The molecule has 0 radical (unpaired) electrons. The van der Waals surface area contributed by atoms with Gasteiger partial charge in [0.15, 0.2) is 5.96 Å². The molecule has 4 rings (SSSR count). The zero-order valence-electron chi connectivity index (χ0n) is 19.0. The number of nitrogens with one attached hydrogen (secondary N) is 2. The summed E-state index contributed by atoms with van der Waals surface area (Å²) in [5.74, 6) is 5.25. The van der Waals surface area contributed by atoms with Crippen molar-refractivity contribution in [2.45, 2.75) is 65.6 Å². The van der Waals surface area contributed by atoms with Gasteiger partial charge in [-0.15, -0.1) is 24.0 Å². The van der Waals surface area contributed by atoms with Crippen LogP contribution in [0.1, 0.15) is 48.3 Å². The highest BCUT2D eigenvalue weighted by Gasteiger charge is 2.23. The van der Waals surface area contributed by atoms with Gasteiger partial charge < -0.3 is 15.1 Å². The van der Waals surface area contributed by atoms with Crippen LogP contribution in [0.4, 0.5) is 0 Å². The summed E-state index contributed by atoms with van der Waals surface area (Å²) in [5, 5.41) is 11.6. The van der Waals surface area contributed by atoms with Crippen LogP contribution in [0.15, 0.2) is 9.41 Å². The molecule has 4 heterocycles. The summed E-state index contributed by atoms with van der Waals surface area (Å²) < 4.78 is 7.76. The minimum absolute atomic E-state index is 0. The summed E-state index contributed by atoms with van der Waals surface area (Å²) in [4.78, 5) is 15.9. The second-order valence-corrected chi connectivity index (χ2v) is 8.56. The van der Waals surface area contributed by atoms with Gasteiger partial charge in [0.2, 0.25) is 5.89 Å². The zero-order valence-corrected chi connectivity index (χ0v) is 21.3. The van der Waals surface area contributed by atoms with Crippen molar-refractivity contribution in [3.63, 3.8) is 0 Å². The second-order valence-electron chi connectivity index (χ2n) is 8.56. The van der Waals surface area contributed by atoms with Gasteiger partial charge in [-0.1, -0.05) is 0 Å². The van der Waals surface area contributed by atoms with Crippen LogP contribution in [0.3, 0.4) is 0 Å². The molecule has 0 aliphatic carbocycles. The Kier molecular flexibility index (Phi) is 8.31. The number of halogens is 1. The van der Waals surface area contributed by atoms with E-state index in [2.05, 4.69) is 35.6 Å². The van der Waals surface area contributed by atoms with Crippen molar-refractivity contribution >= 4 is 29.9 Å². The van der Waals surface area contributed by atoms with Gasteiger partial charge >= 0.3 is 0 Å². The Morgan fingerprint density at radius 3 is 2.61 bits per heavy atom. The first-order valence-electron chi connectivity index (χ1n) is 11.0. The monoisotopic (exact) mass is 542 g/mol. The molecule has 0 bridgehead atoms. The molecule has 0 saturated carbocycles. The van der Waals surface area contributed by atoms with E-state index in [1.807, 2.05) is 32.5 Å². The predicted octanol–water partition coefficient (Wildman–Crippen LogP) is 2.20. The normalized spacial score (nSPS) is 20.3. The number of hydrogen-bond donors (Lipinski definition) is 2.